The van der Waals surface area contributed by atoms with Gasteiger partial charge in [-0.05, 0) is 11.1 Å². The first-order valence-corrected chi connectivity index (χ1v) is 10.2. The quantitative estimate of drug-likeness (QED) is 0.275. The van der Waals surface area contributed by atoms with Crippen LogP contribution in [0.15, 0.2) is 109 Å². The van der Waals surface area contributed by atoms with Crippen molar-refractivity contribution in [2.75, 3.05) is 0 Å². The first-order valence-electron chi connectivity index (χ1n) is 10.2. The second kappa shape index (κ2) is 10.1. The molecule has 1 unspecified atom stereocenters. The minimum Gasteiger partial charge on any atom is -0.484 e. The van der Waals surface area contributed by atoms with Gasteiger partial charge in [0.25, 0.3) is 0 Å². The van der Waals surface area contributed by atoms with Gasteiger partial charge in [-0.25, -0.2) is 4.98 Å². The van der Waals surface area contributed by atoms with Crippen LogP contribution < -0.4 is 0 Å². The van der Waals surface area contributed by atoms with Crippen molar-refractivity contribution in [3.8, 4) is 6.07 Å². The first-order chi connectivity index (χ1) is 15.3. The lowest BCUT2D eigenvalue weighted by atomic mass is 10.1. The summed E-state index contributed by atoms with van der Waals surface area (Å²) in [6.45, 7) is 0.747. The molecule has 0 bridgehead atoms. The van der Waals surface area contributed by atoms with E-state index in [0.29, 0.717) is 12.2 Å². The fourth-order valence-electron chi connectivity index (χ4n) is 3.51. The van der Waals surface area contributed by atoms with Crippen LogP contribution in [0.5, 0.6) is 0 Å². The monoisotopic (exact) mass is 405 g/mol. The Morgan fingerprint density at radius 1 is 0.935 bits per heavy atom. The van der Waals surface area contributed by atoms with Gasteiger partial charge in [0.1, 0.15) is 17.7 Å². The van der Waals surface area contributed by atoms with Gasteiger partial charge in [0.15, 0.2) is 0 Å². The number of hydrogen-bond donors (Lipinski definition) is 0. The highest BCUT2D eigenvalue weighted by Gasteiger charge is 2.19. The second-order valence-corrected chi connectivity index (χ2v) is 7.18. The van der Waals surface area contributed by atoms with Crippen molar-refractivity contribution < 1.29 is 4.74 Å². The third kappa shape index (κ3) is 5.29. The number of rotatable bonds is 8. The van der Waals surface area contributed by atoms with Crippen LogP contribution in [-0.4, -0.2) is 9.55 Å². The first kappa shape index (κ1) is 20.2. The molecule has 0 amide bonds. The Morgan fingerprint density at radius 2 is 1.58 bits per heavy atom. The third-order valence-electron chi connectivity index (χ3n) is 5.06. The van der Waals surface area contributed by atoms with E-state index in [1.165, 1.54) is 11.6 Å². The minimum atomic E-state index is -0.280. The molecule has 0 N–H and O–H groups in total. The number of nitriles is 1. The van der Waals surface area contributed by atoms with Crippen LogP contribution in [0, 0.1) is 11.3 Å². The molecule has 31 heavy (non-hydrogen) atoms. The number of hydrogen-bond acceptors (Lipinski definition) is 3. The zero-order chi connectivity index (χ0) is 21.3. The zero-order valence-electron chi connectivity index (χ0n) is 17.1. The maximum Gasteiger partial charge on any atom is 0.137 e. The second-order valence-electron chi connectivity index (χ2n) is 7.18. The van der Waals surface area contributed by atoms with E-state index in [9.17, 15) is 5.26 Å². The zero-order valence-corrected chi connectivity index (χ0v) is 17.1. The molecule has 0 spiro atoms. The molecule has 4 heteroatoms. The molecular formula is C27H23N3O. The molecular weight excluding hydrogens is 382 g/mol. The van der Waals surface area contributed by atoms with Crippen molar-refractivity contribution >= 4 is 5.76 Å². The van der Waals surface area contributed by atoms with Crippen molar-refractivity contribution in [2.24, 2.45) is 0 Å². The molecule has 0 fully saturated rings. The SMILES string of the molecule is N#C/C=C(\OC(Cc1nccn1Cc1ccccc1)c1ccccc1)c1ccccc1. The highest BCUT2D eigenvalue weighted by Crippen LogP contribution is 2.29. The summed E-state index contributed by atoms with van der Waals surface area (Å²) in [4.78, 5) is 4.60. The van der Waals surface area contributed by atoms with Gasteiger partial charge in [0.2, 0.25) is 0 Å². The average Bonchev–Trinajstić information content (AvgIpc) is 3.26. The molecule has 0 aliphatic heterocycles. The topological polar surface area (TPSA) is 50.8 Å². The summed E-state index contributed by atoms with van der Waals surface area (Å²) < 4.78 is 8.57. The molecule has 0 saturated heterocycles. The van der Waals surface area contributed by atoms with E-state index in [1.54, 1.807) is 0 Å². The van der Waals surface area contributed by atoms with Crippen LogP contribution in [-0.2, 0) is 17.7 Å². The summed E-state index contributed by atoms with van der Waals surface area (Å²) in [6, 6.07) is 32.2. The molecule has 0 saturated carbocycles. The van der Waals surface area contributed by atoms with Crippen molar-refractivity contribution in [3.63, 3.8) is 0 Å². The van der Waals surface area contributed by atoms with Gasteiger partial charge >= 0.3 is 0 Å². The van der Waals surface area contributed by atoms with E-state index in [2.05, 4.69) is 27.8 Å². The Kier molecular flexibility index (Phi) is 6.57. The van der Waals surface area contributed by atoms with Crippen molar-refractivity contribution in [1.29, 1.82) is 5.26 Å². The van der Waals surface area contributed by atoms with Crippen LogP contribution in [0.4, 0.5) is 0 Å². The number of aromatic nitrogens is 2. The molecule has 152 valence electrons. The Bertz CT molecular complexity index is 1160. The van der Waals surface area contributed by atoms with Gasteiger partial charge in [0.05, 0.1) is 12.1 Å². The minimum absolute atomic E-state index is 0.280. The Morgan fingerprint density at radius 3 is 2.26 bits per heavy atom. The molecule has 4 nitrogen and oxygen atoms in total. The molecule has 1 atom stereocenters. The lowest BCUT2D eigenvalue weighted by molar-refractivity contribution is 0.166. The maximum absolute atomic E-state index is 9.32. The standard InChI is InChI=1S/C27H23N3O/c28-17-16-25(23-12-6-2-7-13-23)31-26(24-14-8-3-9-15-24)20-27-29-18-19-30(27)21-22-10-4-1-5-11-22/h1-16,18-19,26H,20-21H2/b25-16-. The summed E-state index contributed by atoms with van der Waals surface area (Å²) in [6.07, 6.45) is 5.58. The Balaban J connectivity index is 1.62. The number of allylic oxidation sites excluding steroid dienone is 1. The van der Waals surface area contributed by atoms with Gasteiger partial charge in [-0.1, -0.05) is 91.0 Å². The summed E-state index contributed by atoms with van der Waals surface area (Å²) in [5.74, 6) is 1.49. The average molecular weight is 406 g/mol. The van der Waals surface area contributed by atoms with E-state index in [1.807, 2.05) is 91.3 Å². The summed E-state index contributed by atoms with van der Waals surface area (Å²) in [5.41, 5.74) is 3.13. The third-order valence-corrected chi connectivity index (χ3v) is 5.06. The van der Waals surface area contributed by atoms with E-state index in [-0.39, 0.29) is 6.10 Å². The largest absolute Gasteiger partial charge is 0.484 e. The fraction of sp³-hybridized carbons (Fsp3) is 0.111. The highest BCUT2D eigenvalue weighted by atomic mass is 16.5. The molecule has 4 aromatic rings. The molecule has 1 heterocycles. The van der Waals surface area contributed by atoms with Crippen molar-refractivity contribution in [1.82, 2.24) is 9.55 Å². The number of benzene rings is 3. The van der Waals surface area contributed by atoms with Crippen molar-refractivity contribution in [3.05, 3.63) is 132 Å². The summed E-state index contributed by atoms with van der Waals surface area (Å²) in [5, 5.41) is 9.32. The van der Waals surface area contributed by atoms with Crippen molar-refractivity contribution in [2.45, 2.75) is 19.1 Å². The van der Waals surface area contributed by atoms with Gasteiger partial charge in [-0.2, -0.15) is 5.26 Å². The molecule has 3 aromatic carbocycles. The maximum atomic E-state index is 9.32. The molecule has 0 aliphatic carbocycles. The number of nitrogens with zero attached hydrogens (tertiary/aromatic N) is 3. The van der Waals surface area contributed by atoms with Gasteiger partial charge < -0.3 is 9.30 Å². The van der Waals surface area contributed by atoms with Crippen LogP contribution in [0.2, 0.25) is 0 Å². The van der Waals surface area contributed by atoms with Gasteiger partial charge in [-0.15, -0.1) is 0 Å². The van der Waals surface area contributed by atoms with E-state index >= 15 is 0 Å². The Hall–Kier alpha value is -4.10. The molecule has 1 aromatic heterocycles. The predicted molar refractivity (Wildman–Crippen MR) is 122 cm³/mol. The van der Waals surface area contributed by atoms with Crippen LogP contribution in [0.1, 0.15) is 28.6 Å². The smallest absolute Gasteiger partial charge is 0.137 e. The van der Waals surface area contributed by atoms with Gasteiger partial charge in [-0.3, -0.25) is 0 Å². The van der Waals surface area contributed by atoms with Crippen LogP contribution >= 0.6 is 0 Å². The summed E-state index contributed by atoms with van der Waals surface area (Å²) >= 11 is 0. The van der Waals surface area contributed by atoms with E-state index in [4.69, 9.17) is 4.74 Å². The Labute approximate surface area is 182 Å². The molecule has 0 radical (unpaired) electrons. The molecule has 4 rings (SSSR count). The highest BCUT2D eigenvalue weighted by molar-refractivity contribution is 5.62. The summed E-state index contributed by atoms with van der Waals surface area (Å²) in [7, 11) is 0. The van der Waals surface area contributed by atoms with Crippen LogP contribution in [0.25, 0.3) is 5.76 Å². The van der Waals surface area contributed by atoms with E-state index < -0.39 is 0 Å². The normalized spacial score (nSPS) is 12.2. The fourth-order valence-corrected chi connectivity index (χ4v) is 3.51. The van der Waals surface area contributed by atoms with Crippen LogP contribution in [0.3, 0.4) is 0 Å². The molecule has 0 aliphatic rings. The lowest BCUT2D eigenvalue weighted by Crippen LogP contribution is -2.13. The number of ether oxygens (including phenoxy) is 1. The lowest BCUT2D eigenvalue weighted by Gasteiger charge is -2.22. The van der Waals surface area contributed by atoms with Gasteiger partial charge in [0, 0.05) is 30.9 Å². The predicted octanol–water partition coefficient (Wildman–Crippen LogP) is 5.80. The van der Waals surface area contributed by atoms with E-state index in [0.717, 1.165) is 23.5 Å². The number of imidazole rings is 1.